The van der Waals surface area contributed by atoms with Gasteiger partial charge in [-0.1, -0.05) is 12.1 Å². The van der Waals surface area contributed by atoms with Crippen LogP contribution in [0, 0.1) is 5.82 Å². The molecule has 0 bridgehead atoms. The number of carbonyl (C=O) groups excluding carboxylic acids is 1. The largest absolute Gasteiger partial charge is 0.416 e. The summed E-state index contributed by atoms with van der Waals surface area (Å²) in [5.41, 5.74) is 10.3. The minimum absolute atomic E-state index is 0.00985. The summed E-state index contributed by atoms with van der Waals surface area (Å²) >= 11 is 0. The zero-order chi connectivity index (χ0) is 22.2. The van der Waals surface area contributed by atoms with Crippen LogP contribution in [0.2, 0.25) is 0 Å². The van der Waals surface area contributed by atoms with Gasteiger partial charge in [-0.2, -0.15) is 13.2 Å². The molecule has 0 aliphatic rings. The Balaban J connectivity index is 2.10. The molecule has 0 spiro atoms. The molecule has 0 saturated carbocycles. The molecule has 1 aromatic heterocycles. The topological polar surface area (TPSA) is 94.3 Å². The highest BCUT2D eigenvalue weighted by molar-refractivity contribution is 5.87. The predicted octanol–water partition coefficient (Wildman–Crippen LogP) is 2.71. The van der Waals surface area contributed by atoms with E-state index in [1.807, 2.05) is 0 Å². The molecular weight excluding hydrogens is 404 g/mol. The van der Waals surface area contributed by atoms with Crippen molar-refractivity contribution < 1.29 is 22.4 Å². The van der Waals surface area contributed by atoms with Crippen LogP contribution in [0.15, 0.2) is 47.4 Å². The molecule has 1 heterocycles. The van der Waals surface area contributed by atoms with Crippen molar-refractivity contribution in [1.29, 1.82) is 0 Å². The molecule has 0 radical (unpaired) electrons. The number of hydrogen-bond acceptors (Lipinski definition) is 4. The molecule has 0 aliphatic carbocycles. The van der Waals surface area contributed by atoms with Crippen molar-refractivity contribution in [2.24, 2.45) is 5.73 Å². The fourth-order valence-corrected chi connectivity index (χ4v) is 3.16. The van der Waals surface area contributed by atoms with E-state index in [4.69, 9.17) is 11.5 Å². The number of primary amides is 1. The molecule has 2 aromatic carbocycles. The molecule has 3 aromatic rings. The maximum Gasteiger partial charge on any atom is 0.416 e. The molecule has 0 unspecified atom stereocenters. The Kier molecular flexibility index (Phi) is 5.43. The molecular formula is C20H18F4N4O2. The third kappa shape index (κ3) is 4.22. The van der Waals surface area contributed by atoms with E-state index in [1.165, 1.54) is 40.9 Å². The standard InChI is InChI=1S/C20H18F4N4O2/c1-27(10-18(26)29)17-7-16-13(6-14(17)21)19(30)15(25)9-28(16)8-11-2-4-12(5-3-11)20(22,23)24/h2-7,9H,8,10,25H2,1H3,(H2,26,29). The van der Waals surface area contributed by atoms with Crippen molar-refractivity contribution in [3.05, 3.63) is 69.8 Å². The van der Waals surface area contributed by atoms with E-state index in [0.717, 1.165) is 18.2 Å². The lowest BCUT2D eigenvalue weighted by Crippen LogP contribution is -2.31. The van der Waals surface area contributed by atoms with Gasteiger partial charge in [0.1, 0.15) is 5.82 Å². The number of anilines is 2. The Morgan fingerprint density at radius 2 is 1.80 bits per heavy atom. The van der Waals surface area contributed by atoms with E-state index in [1.54, 1.807) is 0 Å². The smallest absolute Gasteiger partial charge is 0.394 e. The first-order valence-electron chi connectivity index (χ1n) is 8.75. The maximum absolute atomic E-state index is 14.6. The number of benzene rings is 2. The monoisotopic (exact) mass is 422 g/mol. The number of amides is 1. The number of aromatic nitrogens is 1. The quantitative estimate of drug-likeness (QED) is 0.619. The maximum atomic E-state index is 14.6. The van der Waals surface area contributed by atoms with E-state index in [9.17, 15) is 27.2 Å². The summed E-state index contributed by atoms with van der Waals surface area (Å²) in [7, 11) is 1.46. The summed E-state index contributed by atoms with van der Waals surface area (Å²) in [5.74, 6) is -1.41. The van der Waals surface area contributed by atoms with Crippen LogP contribution in [-0.4, -0.2) is 24.1 Å². The van der Waals surface area contributed by atoms with Gasteiger partial charge in [0.15, 0.2) is 0 Å². The first kappa shape index (κ1) is 21.2. The summed E-state index contributed by atoms with van der Waals surface area (Å²) in [5, 5.41) is 0.00985. The number of nitrogens with two attached hydrogens (primary N) is 2. The van der Waals surface area contributed by atoms with Crippen LogP contribution < -0.4 is 21.8 Å². The molecule has 158 valence electrons. The van der Waals surface area contributed by atoms with Gasteiger partial charge in [0.25, 0.3) is 0 Å². The first-order chi connectivity index (χ1) is 14.0. The molecule has 4 N–H and O–H groups in total. The third-order valence-corrected chi connectivity index (χ3v) is 4.61. The number of carbonyl (C=O) groups is 1. The minimum atomic E-state index is -4.45. The molecule has 3 rings (SSSR count). The number of nitrogen functional groups attached to an aromatic ring is 1. The summed E-state index contributed by atoms with van der Waals surface area (Å²) in [6.45, 7) is -0.162. The van der Waals surface area contributed by atoms with Gasteiger partial charge >= 0.3 is 6.18 Å². The molecule has 1 amide bonds. The van der Waals surface area contributed by atoms with Gasteiger partial charge in [0, 0.05) is 19.8 Å². The number of nitrogens with zero attached hydrogens (tertiary/aromatic N) is 2. The molecule has 6 nitrogen and oxygen atoms in total. The van der Waals surface area contributed by atoms with Crippen molar-refractivity contribution in [1.82, 2.24) is 4.57 Å². The van der Waals surface area contributed by atoms with Crippen molar-refractivity contribution in [2.45, 2.75) is 12.7 Å². The molecule has 10 heteroatoms. The van der Waals surface area contributed by atoms with Crippen molar-refractivity contribution >= 4 is 28.2 Å². The van der Waals surface area contributed by atoms with Gasteiger partial charge in [0.05, 0.1) is 34.4 Å². The average Bonchev–Trinajstić information content (AvgIpc) is 2.64. The Morgan fingerprint density at radius 1 is 1.17 bits per heavy atom. The van der Waals surface area contributed by atoms with Gasteiger partial charge in [-0.05, 0) is 29.8 Å². The van der Waals surface area contributed by atoms with Crippen LogP contribution >= 0.6 is 0 Å². The molecule has 0 saturated heterocycles. The van der Waals surface area contributed by atoms with Gasteiger partial charge < -0.3 is 20.9 Å². The molecule has 0 aliphatic heterocycles. The first-order valence-corrected chi connectivity index (χ1v) is 8.75. The van der Waals surface area contributed by atoms with Crippen LogP contribution in [0.3, 0.4) is 0 Å². The lowest BCUT2D eigenvalue weighted by Gasteiger charge is -2.20. The summed E-state index contributed by atoms with van der Waals surface area (Å²) in [4.78, 5) is 24.8. The van der Waals surface area contributed by atoms with Crippen molar-refractivity contribution in [3.8, 4) is 0 Å². The highest BCUT2D eigenvalue weighted by atomic mass is 19.4. The zero-order valence-corrected chi connectivity index (χ0v) is 15.8. The molecule has 30 heavy (non-hydrogen) atoms. The van der Waals surface area contributed by atoms with Crippen LogP contribution in [0.25, 0.3) is 10.9 Å². The summed E-state index contributed by atoms with van der Waals surface area (Å²) < 4.78 is 54.4. The van der Waals surface area contributed by atoms with E-state index in [0.29, 0.717) is 11.1 Å². The Morgan fingerprint density at radius 3 is 2.37 bits per heavy atom. The lowest BCUT2D eigenvalue weighted by atomic mass is 10.1. The highest BCUT2D eigenvalue weighted by Crippen LogP contribution is 2.30. The fraction of sp³-hybridized carbons (Fsp3) is 0.200. The fourth-order valence-electron chi connectivity index (χ4n) is 3.16. The second-order valence-electron chi connectivity index (χ2n) is 6.88. The number of likely N-dealkylation sites (N-methyl/N-ethyl adjacent to an activating group) is 1. The van der Waals surface area contributed by atoms with Gasteiger partial charge in [-0.15, -0.1) is 0 Å². The lowest BCUT2D eigenvalue weighted by molar-refractivity contribution is -0.137. The third-order valence-electron chi connectivity index (χ3n) is 4.61. The van der Waals surface area contributed by atoms with Crippen molar-refractivity contribution in [2.75, 3.05) is 24.2 Å². The van der Waals surface area contributed by atoms with E-state index >= 15 is 0 Å². The Hall–Kier alpha value is -3.56. The normalized spacial score (nSPS) is 11.6. The number of fused-ring (bicyclic) bond motifs is 1. The number of halogens is 4. The van der Waals surface area contributed by atoms with Crippen LogP contribution in [0.5, 0.6) is 0 Å². The Labute approximate surface area is 168 Å². The number of pyridine rings is 1. The summed E-state index contributed by atoms with van der Waals surface area (Å²) in [6, 6.07) is 6.92. The van der Waals surface area contributed by atoms with Gasteiger partial charge in [-0.25, -0.2) is 4.39 Å². The molecule has 0 atom stereocenters. The molecule has 0 fully saturated rings. The number of rotatable bonds is 5. The second-order valence-corrected chi connectivity index (χ2v) is 6.88. The van der Waals surface area contributed by atoms with Gasteiger partial charge in [0.2, 0.25) is 11.3 Å². The van der Waals surface area contributed by atoms with Crippen LogP contribution in [0.4, 0.5) is 28.9 Å². The van der Waals surface area contributed by atoms with E-state index in [-0.39, 0.29) is 29.9 Å². The zero-order valence-electron chi connectivity index (χ0n) is 15.8. The SMILES string of the molecule is CN(CC(N)=O)c1cc2c(cc1F)c(=O)c(N)cn2Cc1ccc(C(F)(F)F)cc1. The van der Waals surface area contributed by atoms with E-state index in [2.05, 4.69) is 0 Å². The van der Waals surface area contributed by atoms with Crippen molar-refractivity contribution in [3.63, 3.8) is 0 Å². The van der Waals surface area contributed by atoms with Gasteiger partial charge in [-0.3, -0.25) is 9.59 Å². The minimum Gasteiger partial charge on any atom is -0.394 e. The second kappa shape index (κ2) is 7.69. The van der Waals surface area contributed by atoms with E-state index < -0.39 is 28.9 Å². The average molecular weight is 422 g/mol. The highest BCUT2D eigenvalue weighted by Gasteiger charge is 2.29. The summed E-state index contributed by atoms with van der Waals surface area (Å²) in [6.07, 6.45) is -3.11. The predicted molar refractivity (Wildman–Crippen MR) is 106 cm³/mol. The number of hydrogen-bond donors (Lipinski definition) is 2. The van der Waals surface area contributed by atoms with Crippen LogP contribution in [-0.2, 0) is 17.5 Å². The Bertz CT molecular complexity index is 1170. The number of alkyl halides is 3. The van der Waals surface area contributed by atoms with Crippen LogP contribution in [0.1, 0.15) is 11.1 Å².